The summed E-state index contributed by atoms with van der Waals surface area (Å²) in [5.74, 6) is 0. The number of hydrogen-bond acceptors (Lipinski definition) is 3. The predicted molar refractivity (Wildman–Crippen MR) is 88.9 cm³/mol. The van der Waals surface area contributed by atoms with Crippen molar-refractivity contribution in [1.82, 2.24) is 0 Å². The van der Waals surface area contributed by atoms with Crippen LogP contribution in [0.15, 0.2) is 22.7 Å². The molecule has 0 spiro atoms. The van der Waals surface area contributed by atoms with Crippen molar-refractivity contribution in [2.75, 3.05) is 25.1 Å². The van der Waals surface area contributed by atoms with Crippen molar-refractivity contribution < 1.29 is 4.74 Å². The van der Waals surface area contributed by atoms with Crippen LogP contribution >= 0.6 is 28.1 Å². The smallest absolute Gasteiger partial charge is 0.104 e. The van der Waals surface area contributed by atoms with Gasteiger partial charge < -0.3 is 15.8 Å². The van der Waals surface area contributed by atoms with E-state index in [-0.39, 0.29) is 0 Å². The molecule has 0 amide bonds. The molecule has 106 valence electrons. The molecule has 0 unspecified atom stereocenters. The lowest BCUT2D eigenvalue weighted by atomic mass is 10.2. The third kappa shape index (κ3) is 6.36. The molecule has 0 aromatic heterocycles. The van der Waals surface area contributed by atoms with Gasteiger partial charge in [0, 0.05) is 35.5 Å². The Hall–Kier alpha value is -0.650. The van der Waals surface area contributed by atoms with E-state index in [0.29, 0.717) is 4.99 Å². The highest BCUT2D eigenvalue weighted by atomic mass is 79.9. The second-order valence-corrected chi connectivity index (χ2v) is 5.60. The number of unbranched alkanes of at least 4 members (excludes halogenated alkanes) is 1. The standard InChI is InChI=1S/C14H21BrN2OS/c1-2-3-8-18-9-4-7-17-13-6-5-11(14(16)19)10-12(13)15/h5-6,10,17H,2-4,7-9H2,1H3,(H2,16,19). The maximum Gasteiger partial charge on any atom is 0.104 e. The van der Waals surface area contributed by atoms with Crippen LogP contribution in [0.25, 0.3) is 0 Å². The number of rotatable bonds is 9. The van der Waals surface area contributed by atoms with Crippen LogP contribution in [0.2, 0.25) is 0 Å². The van der Waals surface area contributed by atoms with E-state index in [9.17, 15) is 0 Å². The lowest BCUT2D eigenvalue weighted by molar-refractivity contribution is 0.131. The summed E-state index contributed by atoms with van der Waals surface area (Å²) in [4.78, 5) is 0.413. The van der Waals surface area contributed by atoms with E-state index in [0.717, 1.165) is 48.3 Å². The Labute approximate surface area is 129 Å². The Morgan fingerprint density at radius 3 is 2.74 bits per heavy atom. The third-order valence-corrected chi connectivity index (χ3v) is 3.57. The van der Waals surface area contributed by atoms with Gasteiger partial charge in [0.2, 0.25) is 0 Å². The molecule has 5 heteroatoms. The summed E-state index contributed by atoms with van der Waals surface area (Å²) in [6, 6.07) is 5.84. The molecule has 0 aliphatic carbocycles. The Morgan fingerprint density at radius 1 is 1.37 bits per heavy atom. The van der Waals surface area contributed by atoms with Gasteiger partial charge >= 0.3 is 0 Å². The molecular weight excluding hydrogens is 324 g/mol. The summed E-state index contributed by atoms with van der Waals surface area (Å²) < 4.78 is 6.48. The number of hydrogen-bond donors (Lipinski definition) is 2. The fourth-order valence-electron chi connectivity index (χ4n) is 1.56. The number of nitrogens with one attached hydrogen (secondary N) is 1. The van der Waals surface area contributed by atoms with E-state index >= 15 is 0 Å². The number of nitrogens with two attached hydrogens (primary N) is 1. The number of halogens is 1. The van der Waals surface area contributed by atoms with E-state index in [1.807, 2.05) is 18.2 Å². The number of benzene rings is 1. The van der Waals surface area contributed by atoms with Gasteiger partial charge in [-0.05, 0) is 47.0 Å². The molecule has 1 aromatic carbocycles. The maximum atomic E-state index is 5.59. The number of ether oxygens (including phenoxy) is 1. The zero-order chi connectivity index (χ0) is 14.1. The van der Waals surface area contributed by atoms with Gasteiger partial charge in [0.1, 0.15) is 4.99 Å². The van der Waals surface area contributed by atoms with Crippen LogP contribution in [0.1, 0.15) is 31.7 Å². The predicted octanol–water partition coefficient (Wildman–Crippen LogP) is 3.70. The van der Waals surface area contributed by atoms with Crippen molar-refractivity contribution in [1.29, 1.82) is 0 Å². The lowest BCUT2D eigenvalue weighted by Gasteiger charge is -2.10. The van der Waals surface area contributed by atoms with E-state index in [1.165, 1.54) is 6.42 Å². The summed E-state index contributed by atoms with van der Waals surface area (Å²) in [7, 11) is 0. The van der Waals surface area contributed by atoms with Crippen molar-refractivity contribution >= 4 is 38.8 Å². The molecule has 0 fully saturated rings. The molecule has 0 atom stereocenters. The average molecular weight is 345 g/mol. The monoisotopic (exact) mass is 344 g/mol. The first-order chi connectivity index (χ1) is 9.15. The number of anilines is 1. The van der Waals surface area contributed by atoms with Crippen LogP contribution in [0.5, 0.6) is 0 Å². The van der Waals surface area contributed by atoms with Gasteiger partial charge in [0.05, 0.1) is 0 Å². The molecule has 0 saturated carbocycles. The summed E-state index contributed by atoms with van der Waals surface area (Å²) in [6.07, 6.45) is 3.31. The second-order valence-electron chi connectivity index (χ2n) is 4.31. The van der Waals surface area contributed by atoms with Crippen molar-refractivity contribution in [3.63, 3.8) is 0 Å². The molecule has 1 rings (SSSR count). The summed E-state index contributed by atoms with van der Waals surface area (Å²) in [5, 5.41) is 3.36. The highest BCUT2D eigenvalue weighted by molar-refractivity contribution is 9.10. The molecule has 19 heavy (non-hydrogen) atoms. The largest absolute Gasteiger partial charge is 0.389 e. The molecular formula is C14H21BrN2OS. The highest BCUT2D eigenvalue weighted by Gasteiger charge is 2.02. The van der Waals surface area contributed by atoms with Crippen LogP contribution in [0, 0.1) is 0 Å². The van der Waals surface area contributed by atoms with E-state index < -0.39 is 0 Å². The Bertz CT molecular complexity index is 412. The third-order valence-electron chi connectivity index (χ3n) is 2.68. The van der Waals surface area contributed by atoms with Crippen LogP contribution in [-0.2, 0) is 4.74 Å². The van der Waals surface area contributed by atoms with Crippen LogP contribution in [0.3, 0.4) is 0 Å². The Balaban J connectivity index is 2.28. The van der Waals surface area contributed by atoms with Gasteiger partial charge in [-0.3, -0.25) is 0 Å². The topological polar surface area (TPSA) is 47.3 Å². The molecule has 0 heterocycles. The molecule has 3 N–H and O–H groups in total. The highest BCUT2D eigenvalue weighted by Crippen LogP contribution is 2.23. The fraction of sp³-hybridized carbons (Fsp3) is 0.500. The average Bonchev–Trinajstić information content (AvgIpc) is 2.39. The summed E-state index contributed by atoms with van der Waals surface area (Å²) in [5.41, 5.74) is 7.51. The normalized spacial score (nSPS) is 10.4. The molecule has 0 bridgehead atoms. The minimum Gasteiger partial charge on any atom is -0.389 e. The zero-order valence-electron chi connectivity index (χ0n) is 11.2. The molecule has 0 radical (unpaired) electrons. The Morgan fingerprint density at radius 2 is 2.11 bits per heavy atom. The molecule has 1 aromatic rings. The van der Waals surface area contributed by atoms with Gasteiger partial charge in [-0.1, -0.05) is 25.6 Å². The van der Waals surface area contributed by atoms with Gasteiger partial charge in [0.15, 0.2) is 0 Å². The first-order valence-corrected chi connectivity index (χ1v) is 7.76. The fourth-order valence-corrected chi connectivity index (χ4v) is 2.20. The van der Waals surface area contributed by atoms with Gasteiger partial charge in [-0.2, -0.15) is 0 Å². The summed E-state index contributed by atoms with van der Waals surface area (Å²) >= 11 is 8.45. The van der Waals surface area contributed by atoms with Crippen LogP contribution in [-0.4, -0.2) is 24.7 Å². The van der Waals surface area contributed by atoms with E-state index in [4.69, 9.17) is 22.7 Å². The molecule has 0 aliphatic rings. The van der Waals surface area contributed by atoms with Crippen LogP contribution in [0.4, 0.5) is 5.69 Å². The maximum absolute atomic E-state index is 5.59. The van der Waals surface area contributed by atoms with Gasteiger partial charge in [-0.15, -0.1) is 0 Å². The SMILES string of the molecule is CCCCOCCCNc1ccc(C(N)=S)cc1Br. The van der Waals surface area contributed by atoms with E-state index in [2.05, 4.69) is 28.2 Å². The number of thiocarbonyl (C=S) groups is 1. The van der Waals surface area contributed by atoms with Gasteiger partial charge in [0.25, 0.3) is 0 Å². The summed E-state index contributed by atoms with van der Waals surface area (Å²) in [6.45, 7) is 4.72. The zero-order valence-corrected chi connectivity index (χ0v) is 13.6. The van der Waals surface area contributed by atoms with Crippen LogP contribution < -0.4 is 11.1 Å². The quantitative estimate of drug-likeness (QED) is 0.529. The first kappa shape index (κ1) is 16.4. The molecule has 0 saturated heterocycles. The van der Waals surface area contributed by atoms with Crippen molar-refractivity contribution in [2.45, 2.75) is 26.2 Å². The van der Waals surface area contributed by atoms with Gasteiger partial charge in [-0.25, -0.2) is 0 Å². The Kier molecular flexibility index (Phi) is 8.02. The van der Waals surface area contributed by atoms with Crippen molar-refractivity contribution in [2.24, 2.45) is 5.73 Å². The minimum atomic E-state index is 0.413. The molecule has 3 nitrogen and oxygen atoms in total. The minimum absolute atomic E-state index is 0.413. The van der Waals surface area contributed by atoms with Crippen molar-refractivity contribution in [3.05, 3.63) is 28.2 Å². The lowest BCUT2D eigenvalue weighted by Crippen LogP contribution is -2.10. The first-order valence-electron chi connectivity index (χ1n) is 6.56. The van der Waals surface area contributed by atoms with E-state index in [1.54, 1.807) is 0 Å². The second kappa shape index (κ2) is 9.28. The van der Waals surface area contributed by atoms with Crippen molar-refractivity contribution in [3.8, 4) is 0 Å². The molecule has 0 aliphatic heterocycles.